The van der Waals surface area contributed by atoms with Gasteiger partial charge >= 0.3 is 0 Å². The molecule has 0 amide bonds. The first-order chi connectivity index (χ1) is 19.8. The van der Waals surface area contributed by atoms with Gasteiger partial charge in [-0.3, -0.25) is 14.9 Å². The van der Waals surface area contributed by atoms with Crippen molar-refractivity contribution in [3.63, 3.8) is 0 Å². The van der Waals surface area contributed by atoms with E-state index in [1.807, 2.05) is 0 Å². The highest BCUT2D eigenvalue weighted by Crippen LogP contribution is 2.35. The van der Waals surface area contributed by atoms with Crippen molar-refractivity contribution in [3.05, 3.63) is 120 Å². The molecule has 0 bridgehead atoms. The zero-order valence-electron chi connectivity index (χ0n) is 20.5. The molecule has 3 aromatic heterocycles. The Morgan fingerprint density at radius 2 is 1.88 bits per heavy atom. The van der Waals surface area contributed by atoms with Gasteiger partial charge < -0.3 is 9.15 Å². The largest absolute Gasteiger partial charge is 0.453 e. The van der Waals surface area contributed by atoms with E-state index in [9.17, 15) is 14.9 Å². The normalized spacial score (nSPS) is 11.5. The third kappa shape index (κ3) is 5.30. The SMILES string of the molecule is O=c1c2ccccc2nc(-c2cc3cc(Cl)ccc3o2)n1N=Cc1cc(Cl)cc(Br)c1Oc1ccc([N+](=O)[O-])cn1. The summed E-state index contributed by atoms with van der Waals surface area (Å²) in [7, 11) is 0. The molecule has 3 heterocycles. The standard InChI is InChI=1S/C28H14BrCl2N5O5/c29-21-12-18(31)10-16(26(21)41-25-8-6-19(14-32-25)36(38)39)13-33-35-27(34-22-4-2-1-3-20(22)28(35)37)24-11-15-9-17(30)5-7-23(15)40-24/h1-14H. The van der Waals surface area contributed by atoms with Gasteiger partial charge in [-0.05, 0) is 64.5 Å². The molecule has 0 unspecified atom stereocenters. The molecule has 0 aliphatic heterocycles. The van der Waals surface area contributed by atoms with Crippen LogP contribution in [0, 0.1) is 10.1 Å². The van der Waals surface area contributed by atoms with Crippen LogP contribution in [-0.4, -0.2) is 25.8 Å². The predicted molar refractivity (Wildman–Crippen MR) is 159 cm³/mol. The van der Waals surface area contributed by atoms with E-state index in [0.29, 0.717) is 42.3 Å². The first kappa shape index (κ1) is 26.6. The zero-order chi connectivity index (χ0) is 28.7. The van der Waals surface area contributed by atoms with Crippen molar-refractivity contribution in [2.24, 2.45) is 5.10 Å². The van der Waals surface area contributed by atoms with Crippen molar-refractivity contribution in [1.82, 2.24) is 14.6 Å². The van der Waals surface area contributed by atoms with Crippen molar-refractivity contribution in [1.29, 1.82) is 0 Å². The molecule has 3 aromatic carbocycles. The van der Waals surface area contributed by atoms with Crippen LogP contribution in [0.3, 0.4) is 0 Å². The lowest BCUT2D eigenvalue weighted by Crippen LogP contribution is -2.20. The fraction of sp³-hybridized carbons (Fsp3) is 0. The molecule has 0 aliphatic rings. The molecule has 6 aromatic rings. The molecule has 41 heavy (non-hydrogen) atoms. The first-order valence-corrected chi connectivity index (χ1v) is 13.3. The number of aromatic nitrogens is 3. The second-order valence-corrected chi connectivity index (χ2v) is 10.4. The minimum absolute atomic E-state index is 0.0967. The Morgan fingerprint density at radius 3 is 2.66 bits per heavy atom. The Morgan fingerprint density at radius 1 is 1.05 bits per heavy atom. The topological polar surface area (TPSA) is 126 Å². The fourth-order valence-electron chi connectivity index (χ4n) is 4.06. The van der Waals surface area contributed by atoms with Crippen LogP contribution in [0.5, 0.6) is 11.6 Å². The van der Waals surface area contributed by atoms with Gasteiger partial charge in [0.05, 0.1) is 26.5 Å². The molecular formula is C28H14BrCl2N5O5. The zero-order valence-corrected chi connectivity index (χ0v) is 23.6. The molecule has 0 atom stereocenters. The smallest absolute Gasteiger partial charge is 0.287 e. The number of fused-ring (bicyclic) bond motifs is 2. The van der Waals surface area contributed by atoms with Crippen molar-refractivity contribution in [3.8, 4) is 23.2 Å². The van der Waals surface area contributed by atoms with Crippen LogP contribution in [0.4, 0.5) is 5.69 Å². The number of nitro groups is 1. The minimum atomic E-state index is -0.559. The first-order valence-electron chi connectivity index (χ1n) is 11.8. The van der Waals surface area contributed by atoms with Crippen LogP contribution in [0.15, 0.2) is 97.8 Å². The minimum Gasteiger partial charge on any atom is -0.453 e. The van der Waals surface area contributed by atoms with Crippen LogP contribution in [0.2, 0.25) is 10.0 Å². The van der Waals surface area contributed by atoms with Gasteiger partial charge in [-0.2, -0.15) is 9.78 Å². The summed E-state index contributed by atoms with van der Waals surface area (Å²) in [5.74, 6) is 0.833. The molecule has 0 saturated carbocycles. The number of rotatable bonds is 6. The summed E-state index contributed by atoms with van der Waals surface area (Å²) in [6.07, 6.45) is 2.47. The Balaban J connectivity index is 1.48. The van der Waals surface area contributed by atoms with E-state index in [2.05, 4.69) is 31.0 Å². The highest BCUT2D eigenvalue weighted by molar-refractivity contribution is 9.10. The summed E-state index contributed by atoms with van der Waals surface area (Å²) in [6, 6.07) is 19.6. The number of hydrogen-bond acceptors (Lipinski definition) is 8. The number of furan rings is 1. The molecular weight excluding hydrogens is 637 g/mol. The maximum atomic E-state index is 13.6. The molecule has 0 fully saturated rings. The Hall–Kier alpha value is -4.58. The van der Waals surface area contributed by atoms with Gasteiger partial charge in [-0.1, -0.05) is 35.3 Å². The van der Waals surface area contributed by atoms with Crippen LogP contribution < -0.4 is 10.3 Å². The van der Waals surface area contributed by atoms with Gasteiger partial charge in [0.2, 0.25) is 11.7 Å². The summed E-state index contributed by atoms with van der Waals surface area (Å²) < 4.78 is 13.5. The number of pyridine rings is 1. The van der Waals surface area contributed by atoms with E-state index in [1.165, 1.54) is 18.3 Å². The monoisotopic (exact) mass is 649 g/mol. The van der Waals surface area contributed by atoms with E-state index < -0.39 is 10.5 Å². The van der Waals surface area contributed by atoms with E-state index >= 15 is 0 Å². The summed E-state index contributed by atoms with van der Waals surface area (Å²) >= 11 is 15.9. The van der Waals surface area contributed by atoms with Crippen LogP contribution in [0.25, 0.3) is 33.5 Å². The van der Waals surface area contributed by atoms with Gasteiger partial charge in [0.25, 0.3) is 11.2 Å². The molecule has 6 rings (SSSR count). The molecule has 0 spiro atoms. The second kappa shape index (κ2) is 10.8. The summed E-state index contributed by atoms with van der Waals surface area (Å²) in [5, 5.41) is 17.4. The van der Waals surface area contributed by atoms with E-state index in [4.69, 9.17) is 32.4 Å². The van der Waals surface area contributed by atoms with Crippen LogP contribution >= 0.6 is 39.1 Å². The summed E-state index contributed by atoms with van der Waals surface area (Å²) in [4.78, 5) is 32.7. The Kier molecular flexibility index (Phi) is 7.00. The van der Waals surface area contributed by atoms with Gasteiger partial charge in [-0.25, -0.2) is 9.97 Å². The van der Waals surface area contributed by atoms with Crippen molar-refractivity contribution in [2.45, 2.75) is 0 Å². The van der Waals surface area contributed by atoms with Gasteiger partial charge in [-0.15, -0.1) is 0 Å². The molecule has 13 heteroatoms. The molecule has 202 valence electrons. The molecule has 0 saturated heterocycles. The molecule has 0 aliphatic carbocycles. The van der Waals surface area contributed by atoms with Crippen molar-refractivity contribution >= 4 is 72.9 Å². The van der Waals surface area contributed by atoms with E-state index in [1.54, 1.807) is 60.7 Å². The molecule has 10 nitrogen and oxygen atoms in total. The number of ether oxygens (including phenoxy) is 1. The maximum absolute atomic E-state index is 13.6. The molecule has 0 N–H and O–H groups in total. The second-order valence-electron chi connectivity index (χ2n) is 8.63. The number of nitrogens with zero attached hydrogens (tertiary/aromatic N) is 5. The Labute approximate surface area is 248 Å². The quantitative estimate of drug-likeness (QED) is 0.102. The maximum Gasteiger partial charge on any atom is 0.287 e. The Bertz CT molecular complexity index is 2080. The lowest BCUT2D eigenvalue weighted by atomic mass is 10.2. The summed E-state index contributed by atoms with van der Waals surface area (Å²) in [5.41, 5.74) is 0.800. The van der Waals surface area contributed by atoms with Gasteiger partial charge in [0.1, 0.15) is 11.8 Å². The van der Waals surface area contributed by atoms with Crippen molar-refractivity contribution in [2.75, 3.05) is 0 Å². The number of benzene rings is 3. The predicted octanol–water partition coefficient (Wildman–Crippen LogP) is 7.86. The van der Waals surface area contributed by atoms with Crippen molar-refractivity contribution < 1.29 is 14.1 Å². The average molecular weight is 651 g/mol. The number of hydrogen-bond donors (Lipinski definition) is 0. The van der Waals surface area contributed by atoms with Crippen LogP contribution in [0.1, 0.15) is 5.56 Å². The highest BCUT2D eigenvalue weighted by atomic mass is 79.9. The van der Waals surface area contributed by atoms with E-state index in [-0.39, 0.29) is 23.1 Å². The number of halogens is 3. The lowest BCUT2D eigenvalue weighted by molar-refractivity contribution is -0.385. The fourth-order valence-corrected chi connectivity index (χ4v) is 5.16. The van der Waals surface area contributed by atoms with Crippen LogP contribution in [-0.2, 0) is 0 Å². The van der Waals surface area contributed by atoms with E-state index in [0.717, 1.165) is 16.3 Å². The third-order valence-electron chi connectivity index (χ3n) is 5.94. The lowest BCUT2D eigenvalue weighted by Gasteiger charge is -2.11. The van der Waals surface area contributed by atoms with Gasteiger partial charge in [0, 0.05) is 33.1 Å². The summed E-state index contributed by atoms with van der Waals surface area (Å²) in [6.45, 7) is 0. The number of para-hydroxylation sites is 1. The highest BCUT2D eigenvalue weighted by Gasteiger charge is 2.18. The molecule has 0 radical (unpaired) electrons. The average Bonchev–Trinajstić information content (AvgIpc) is 3.37. The third-order valence-corrected chi connectivity index (χ3v) is 6.98. The van der Waals surface area contributed by atoms with Gasteiger partial charge in [0.15, 0.2) is 11.5 Å².